The fraction of sp³-hybridized carbons (Fsp3) is 0.0833. The summed E-state index contributed by atoms with van der Waals surface area (Å²) in [6.07, 6.45) is 3.82. The van der Waals surface area contributed by atoms with Crippen molar-refractivity contribution in [2.24, 2.45) is 5.11 Å². The van der Waals surface area contributed by atoms with Crippen molar-refractivity contribution in [3.8, 4) is 0 Å². The van der Waals surface area contributed by atoms with Gasteiger partial charge in [0.15, 0.2) is 0 Å². The van der Waals surface area contributed by atoms with E-state index >= 15 is 0 Å². The molecule has 2 aromatic rings. The van der Waals surface area contributed by atoms with Crippen molar-refractivity contribution in [1.29, 1.82) is 0 Å². The van der Waals surface area contributed by atoms with Gasteiger partial charge in [-0.15, -0.1) is 0 Å². The van der Waals surface area contributed by atoms with Crippen LogP contribution in [0.15, 0.2) is 53.9 Å². The first-order chi connectivity index (χ1) is 8.31. The maximum atomic E-state index is 11.6. The Morgan fingerprint density at radius 1 is 1.24 bits per heavy atom. The zero-order valence-corrected chi connectivity index (χ0v) is 9.02. The largest absolute Gasteiger partial charge is 0.350 e. The van der Waals surface area contributed by atoms with E-state index in [1.807, 2.05) is 41.2 Å². The second-order valence-corrected chi connectivity index (χ2v) is 3.51. The summed E-state index contributed by atoms with van der Waals surface area (Å²) in [5.74, 6) is -0.546. The van der Waals surface area contributed by atoms with Crippen LogP contribution in [0.25, 0.3) is 10.4 Å². The summed E-state index contributed by atoms with van der Waals surface area (Å²) in [5, 5.41) is 3.12. The SMILES string of the molecule is [N-]=[N+]=NC(=O)c1ccccc1Cn1cccc1. The Kier molecular flexibility index (Phi) is 3.23. The van der Waals surface area contributed by atoms with Gasteiger partial charge in [-0.3, -0.25) is 4.79 Å². The molecule has 0 spiro atoms. The molecule has 84 valence electrons. The highest BCUT2D eigenvalue weighted by molar-refractivity contribution is 5.96. The minimum Gasteiger partial charge on any atom is -0.350 e. The van der Waals surface area contributed by atoms with E-state index in [-0.39, 0.29) is 0 Å². The van der Waals surface area contributed by atoms with Crippen molar-refractivity contribution >= 4 is 5.91 Å². The lowest BCUT2D eigenvalue weighted by molar-refractivity contribution is 0.0999. The molecular formula is C12H10N4O. The Balaban J connectivity index is 2.34. The monoisotopic (exact) mass is 226 g/mol. The van der Waals surface area contributed by atoms with E-state index in [2.05, 4.69) is 10.0 Å². The van der Waals surface area contributed by atoms with E-state index in [9.17, 15) is 4.79 Å². The number of rotatable bonds is 3. The molecule has 1 amide bonds. The number of aromatic nitrogens is 1. The molecule has 0 atom stereocenters. The van der Waals surface area contributed by atoms with Gasteiger partial charge < -0.3 is 4.57 Å². The summed E-state index contributed by atoms with van der Waals surface area (Å²) >= 11 is 0. The number of azide groups is 1. The number of carbonyl (C=O) groups is 1. The second kappa shape index (κ2) is 5.01. The summed E-state index contributed by atoms with van der Waals surface area (Å²) in [6, 6.07) is 10.9. The molecule has 0 saturated heterocycles. The van der Waals surface area contributed by atoms with Crippen LogP contribution in [0.3, 0.4) is 0 Å². The average molecular weight is 226 g/mol. The molecule has 0 aliphatic rings. The number of benzene rings is 1. The highest BCUT2D eigenvalue weighted by Crippen LogP contribution is 2.12. The van der Waals surface area contributed by atoms with Gasteiger partial charge in [-0.05, 0) is 28.3 Å². The Morgan fingerprint density at radius 2 is 1.94 bits per heavy atom. The number of carbonyl (C=O) groups excluding carboxylic acids is 1. The van der Waals surface area contributed by atoms with Gasteiger partial charge in [-0.1, -0.05) is 24.3 Å². The van der Waals surface area contributed by atoms with Gasteiger partial charge in [-0.2, -0.15) is 0 Å². The molecule has 17 heavy (non-hydrogen) atoms. The van der Waals surface area contributed by atoms with Crippen LogP contribution in [0.5, 0.6) is 0 Å². The zero-order chi connectivity index (χ0) is 12.1. The predicted molar refractivity (Wildman–Crippen MR) is 63.5 cm³/mol. The molecule has 0 aliphatic heterocycles. The molecule has 0 fully saturated rings. The molecule has 5 heteroatoms. The Hall–Kier alpha value is -2.52. The standard InChI is InChI=1S/C12H10N4O/c13-15-14-12(17)11-6-2-1-5-10(11)9-16-7-3-4-8-16/h1-8H,9H2. The number of hydrogen-bond acceptors (Lipinski definition) is 1. The van der Waals surface area contributed by atoms with E-state index in [4.69, 9.17) is 5.53 Å². The lowest BCUT2D eigenvalue weighted by Crippen LogP contribution is -2.04. The summed E-state index contributed by atoms with van der Waals surface area (Å²) in [5.41, 5.74) is 9.56. The summed E-state index contributed by atoms with van der Waals surface area (Å²) < 4.78 is 1.95. The van der Waals surface area contributed by atoms with Crippen LogP contribution in [-0.2, 0) is 6.54 Å². The third-order valence-corrected chi connectivity index (χ3v) is 2.40. The van der Waals surface area contributed by atoms with Crippen molar-refractivity contribution in [3.05, 3.63) is 70.4 Å². The molecular weight excluding hydrogens is 216 g/mol. The number of nitrogens with zero attached hydrogens (tertiary/aromatic N) is 4. The zero-order valence-electron chi connectivity index (χ0n) is 9.02. The maximum absolute atomic E-state index is 11.6. The van der Waals surface area contributed by atoms with Gasteiger partial charge in [-0.25, -0.2) is 0 Å². The van der Waals surface area contributed by atoms with Gasteiger partial charge in [0.2, 0.25) is 5.91 Å². The topological polar surface area (TPSA) is 70.8 Å². The maximum Gasteiger partial charge on any atom is 0.249 e. The van der Waals surface area contributed by atoms with Crippen LogP contribution in [0.4, 0.5) is 0 Å². The fourth-order valence-electron chi connectivity index (χ4n) is 1.63. The van der Waals surface area contributed by atoms with E-state index in [0.29, 0.717) is 12.1 Å². The first kappa shape index (κ1) is 11.0. The first-order valence-corrected chi connectivity index (χ1v) is 5.09. The van der Waals surface area contributed by atoms with E-state index in [1.165, 1.54) is 0 Å². The van der Waals surface area contributed by atoms with Crippen molar-refractivity contribution in [2.75, 3.05) is 0 Å². The highest BCUT2D eigenvalue weighted by Gasteiger charge is 2.08. The fourth-order valence-corrected chi connectivity index (χ4v) is 1.63. The molecule has 1 aromatic heterocycles. The van der Waals surface area contributed by atoms with Crippen molar-refractivity contribution in [2.45, 2.75) is 6.54 Å². The molecule has 2 rings (SSSR count). The molecule has 0 saturated carbocycles. The Labute approximate surface area is 97.9 Å². The average Bonchev–Trinajstić information content (AvgIpc) is 2.83. The third-order valence-electron chi connectivity index (χ3n) is 2.40. The molecule has 0 unspecified atom stereocenters. The van der Waals surface area contributed by atoms with Crippen LogP contribution >= 0.6 is 0 Å². The normalized spacial score (nSPS) is 9.65. The van der Waals surface area contributed by atoms with E-state index in [1.54, 1.807) is 12.1 Å². The molecule has 0 radical (unpaired) electrons. The molecule has 0 bridgehead atoms. The van der Waals surface area contributed by atoms with Gasteiger partial charge in [0.25, 0.3) is 0 Å². The van der Waals surface area contributed by atoms with Gasteiger partial charge in [0.05, 0.1) is 0 Å². The van der Waals surface area contributed by atoms with Crippen LogP contribution in [0.2, 0.25) is 0 Å². The van der Waals surface area contributed by atoms with Crippen LogP contribution in [0.1, 0.15) is 15.9 Å². The third kappa shape index (κ3) is 2.53. The van der Waals surface area contributed by atoms with E-state index in [0.717, 1.165) is 5.56 Å². The summed E-state index contributed by atoms with van der Waals surface area (Å²) in [4.78, 5) is 14.1. The molecule has 0 aliphatic carbocycles. The number of amides is 1. The minimum absolute atomic E-state index is 0.444. The van der Waals surface area contributed by atoms with Crippen molar-refractivity contribution < 1.29 is 4.79 Å². The molecule has 0 N–H and O–H groups in total. The smallest absolute Gasteiger partial charge is 0.249 e. The highest BCUT2D eigenvalue weighted by atomic mass is 16.1. The van der Waals surface area contributed by atoms with Crippen LogP contribution < -0.4 is 0 Å². The Bertz CT molecular complexity index is 568. The predicted octanol–water partition coefficient (Wildman–Crippen LogP) is 2.99. The summed E-state index contributed by atoms with van der Waals surface area (Å²) in [7, 11) is 0. The molecule has 1 heterocycles. The van der Waals surface area contributed by atoms with Crippen LogP contribution in [0, 0.1) is 0 Å². The lowest BCUT2D eigenvalue weighted by Gasteiger charge is -2.07. The summed E-state index contributed by atoms with van der Waals surface area (Å²) in [6.45, 7) is 0.579. The van der Waals surface area contributed by atoms with E-state index < -0.39 is 5.91 Å². The quantitative estimate of drug-likeness (QED) is 0.450. The molecule has 1 aromatic carbocycles. The second-order valence-electron chi connectivity index (χ2n) is 3.51. The van der Waals surface area contributed by atoms with Gasteiger partial charge in [0, 0.05) is 29.4 Å². The first-order valence-electron chi connectivity index (χ1n) is 5.09. The van der Waals surface area contributed by atoms with Crippen molar-refractivity contribution in [1.82, 2.24) is 4.57 Å². The van der Waals surface area contributed by atoms with Gasteiger partial charge in [0.1, 0.15) is 0 Å². The van der Waals surface area contributed by atoms with Crippen molar-refractivity contribution in [3.63, 3.8) is 0 Å². The minimum atomic E-state index is -0.546. The van der Waals surface area contributed by atoms with Gasteiger partial charge >= 0.3 is 0 Å². The Morgan fingerprint density at radius 3 is 2.65 bits per heavy atom. The van der Waals surface area contributed by atoms with Crippen LogP contribution in [-0.4, -0.2) is 10.5 Å². The number of hydrogen-bond donors (Lipinski definition) is 0. The lowest BCUT2D eigenvalue weighted by atomic mass is 10.1. The molecule has 5 nitrogen and oxygen atoms in total.